The molecule has 1 N–H and O–H groups in total. The van der Waals surface area contributed by atoms with Crippen LogP contribution < -0.4 is 10.1 Å². The lowest BCUT2D eigenvalue weighted by Crippen LogP contribution is -2.44. The zero-order chi connectivity index (χ0) is 22.4. The number of nitriles is 1. The first-order valence-electron chi connectivity index (χ1n) is 9.52. The van der Waals surface area contributed by atoms with E-state index in [2.05, 4.69) is 5.32 Å². The fourth-order valence-electron chi connectivity index (χ4n) is 2.87. The maximum atomic E-state index is 13.1. The van der Waals surface area contributed by atoms with Crippen molar-refractivity contribution < 1.29 is 19.1 Å². The molecule has 1 atom stereocenters. The Hall–Kier alpha value is -3.51. The number of rotatable bonds is 6. The predicted octanol–water partition coefficient (Wildman–Crippen LogP) is 2.18. The summed E-state index contributed by atoms with van der Waals surface area (Å²) in [6.45, 7) is -0.125. The summed E-state index contributed by atoms with van der Waals surface area (Å²) >= 11 is 1.50. The van der Waals surface area contributed by atoms with Crippen molar-refractivity contribution in [2.75, 3.05) is 37.6 Å². The Bertz CT molecular complexity index is 1020. The van der Waals surface area contributed by atoms with Gasteiger partial charge in [-0.3, -0.25) is 14.4 Å². The fourth-order valence-corrected chi connectivity index (χ4v) is 4.03. The fraction of sp³-hybridized carbons (Fsp3) is 0.273. The van der Waals surface area contributed by atoms with Gasteiger partial charge >= 0.3 is 0 Å². The number of hydrogen-bond donors (Lipinski definition) is 1. The number of amides is 3. The van der Waals surface area contributed by atoms with Crippen LogP contribution in [0, 0.1) is 11.3 Å². The molecule has 0 aromatic heterocycles. The molecule has 2 aromatic rings. The van der Waals surface area contributed by atoms with E-state index in [9.17, 15) is 14.4 Å². The predicted molar refractivity (Wildman–Crippen MR) is 118 cm³/mol. The molecule has 1 aliphatic rings. The van der Waals surface area contributed by atoms with Gasteiger partial charge in [-0.1, -0.05) is 6.07 Å². The molecule has 2 aromatic carbocycles. The van der Waals surface area contributed by atoms with Gasteiger partial charge in [0.2, 0.25) is 5.91 Å². The van der Waals surface area contributed by atoms with Crippen LogP contribution >= 0.6 is 11.8 Å². The van der Waals surface area contributed by atoms with Gasteiger partial charge in [-0.05, 0) is 42.5 Å². The molecule has 1 heterocycles. The van der Waals surface area contributed by atoms with Gasteiger partial charge in [-0.25, -0.2) is 0 Å². The Morgan fingerprint density at radius 2 is 1.97 bits per heavy atom. The molecule has 0 bridgehead atoms. The number of nitrogens with one attached hydrogen (secondary N) is 1. The summed E-state index contributed by atoms with van der Waals surface area (Å²) in [5.41, 5.74) is 1.45. The average molecular weight is 439 g/mol. The first-order chi connectivity index (χ1) is 14.9. The second-order valence-corrected chi connectivity index (χ2v) is 8.07. The molecule has 3 rings (SSSR count). The third-order valence-electron chi connectivity index (χ3n) is 4.67. The quantitative estimate of drug-likeness (QED) is 0.742. The van der Waals surface area contributed by atoms with E-state index in [1.807, 2.05) is 6.07 Å². The number of likely N-dealkylation sites (N-methyl/N-ethyl adjacent to an activating group) is 1. The van der Waals surface area contributed by atoms with Gasteiger partial charge in [0.15, 0.2) is 6.61 Å². The largest absolute Gasteiger partial charge is 0.484 e. The first kappa shape index (κ1) is 22.2. The maximum absolute atomic E-state index is 13.1. The zero-order valence-electron chi connectivity index (χ0n) is 17.2. The van der Waals surface area contributed by atoms with Crippen molar-refractivity contribution >= 4 is 35.2 Å². The van der Waals surface area contributed by atoms with E-state index in [1.54, 1.807) is 62.6 Å². The molecule has 8 nitrogen and oxygen atoms in total. The highest BCUT2D eigenvalue weighted by Gasteiger charge is 2.35. The summed E-state index contributed by atoms with van der Waals surface area (Å²) in [5.74, 6) is 0.538. The molecular weight excluding hydrogens is 416 g/mol. The van der Waals surface area contributed by atoms with E-state index in [0.717, 1.165) is 0 Å². The smallest absolute Gasteiger partial charge is 0.259 e. The molecule has 0 spiro atoms. The minimum atomic E-state index is -0.618. The molecule has 0 saturated carbocycles. The van der Waals surface area contributed by atoms with E-state index in [1.165, 1.54) is 21.6 Å². The van der Waals surface area contributed by atoms with Crippen LogP contribution in [0.15, 0.2) is 48.5 Å². The third-order valence-corrected chi connectivity index (χ3v) is 5.68. The Kier molecular flexibility index (Phi) is 7.15. The number of thioether (sulfide) groups is 1. The second-order valence-electron chi connectivity index (χ2n) is 7.07. The van der Waals surface area contributed by atoms with E-state index < -0.39 is 6.04 Å². The Morgan fingerprint density at radius 3 is 2.65 bits per heavy atom. The van der Waals surface area contributed by atoms with Crippen LogP contribution in [0.25, 0.3) is 0 Å². The Balaban J connectivity index is 1.67. The van der Waals surface area contributed by atoms with Gasteiger partial charge in [-0.2, -0.15) is 5.26 Å². The summed E-state index contributed by atoms with van der Waals surface area (Å²) in [6.07, 6.45) is 0. The van der Waals surface area contributed by atoms with Gasteiger partial charge in [0.25, 0.3) is 11.8 Å². The van der Waals surface area contributed by atoms with E-state index in [4.69, 9.17) is 10.00 Å². The number of anilines is 1. The number of nitrogens with zero attached hydrogens (tertiary/aromatic N) is 3. The zero-order valence-corrected chi connectivity index (χ0v) is 18.0. The van der Waals surface area contributed by atoms with Gasteiger partial charge in [-0.15, -0.1) is 11.8 Å². The van der Waals surface area contributed by atoms with Crippen molar-refractivity contribution in [1.82, 2.24) is 9.80 Å². The minimum Gasteiger partial charge on any atom is -0.484 e. The SMILES string of the molecule is CN(C)C(=O)COc1cccc(C(=O)N2CSCC2C(=O)Nc2ccc(C#N)cc2)c1. The Labute approximate surface area is 184 Å². The summed E-state index contributed by atoms with van der Waals surface area (Å²) < 4.78 is 5.49. The van der Waals surface area contributed by atoms with Crippen LogP contribution in [0.1, 0.15) is 15.9 Å². The minimum absolute atomic E-state index is 0.125. The number of benzene rings is 2. The molecule has 0 radical (unpaired) electrons. The van der Waals surface area contributed by atoms with Crippen LogP contribution in [-0.4, -0.2) is 65.9 Å². The van der Waals surface area contributed by atoms with Crippen molar-refractivity contribution in [1.29, 1.82) is 5.26 Å². The Morgan fingerprint density at radius 1 is 1.23 bits per heavy atom. The van der Waals surface area contributed by atoms with Gasteiger partial charge in [0, 0.05) is 31.1 Å². The van der Waals surface area contributed by atoms with Crippen LogP contribution in [0.3, 0.4) is 0 Å². The highest BCUT2D eigenvalue weighted by Crippen LogP contribution is 2.25. The normalized spacial score (nSPS) is 15.1. The lowest BCUT2D eigenvalue weighted by molar-refractivity contribution is -0.130. The average Bonchev–Trinajstić information content (AvgIpc) is 3.27. The van der Waals surface area contributed by atoms with Crippen molar-refractivity contribution in [3.05, 3.63) is 59.7 Å². The van der Waals surface area contributed by atoms with Crippen LogP contribution in [0.5, 0.6) is 5.75 Å². The topological polar surface area (TPSA) is 103 Å². The standard InChI is InChI=1S/C22H22N4O4S/c1-25(2)20(27)12-30-18-5-3-4-16(10-18)22(29)26-14-31-13-19(26)21(28)24-17-8-6-15(11-23)7-9-17/h3-10,19H,12-14H2,1-2H3,(H,24,28). The molecule has 1 fully saturated rings. The molecule has 1 unspecified atom stereocenters. The van der Waals surface area contributed by atoms with Crippen LogP contribution in [0.2, 0.25) is 0 Å². The van der Waals surface area contributed by atoms with Crippen molar-refractivity contribution in [2.24, 2.45) is 0 Å². The number of carbonyl (C=O) groups is 3. The third kappa shape index (κ3) is 5.55. The summed E-state index contributed by atoms with van der Waals surface area (Å²) in [7, 11) is 3.28. The molecule has 3 amide bonds. The highest BCUT2D eigenvalue weighted by atomic mass is 32.2. The second kappa shape index (κ2) is 10.00. The molecule has 31 heavy (non-hydrogen) atoms. The van der Waals surface area contributed by atoms with Gasteiger partial charge in [0.05, 0.1) is 17.5 Å². The van der Waals surface area contributed by atoms with E-state index >= 15 is 0 Å². The molecule has 160 valence electrons. The van der Waals surface area contributed by atoms with E-state index in [0.29, 0.717) is 34.2 Å². The summed E-state index contributed by atoms with van der Waals surface area (Å²) in [4.78, 5) is 40.5. The van der Waals surface area contributed by atoms with Crippen molar-refractivity contribution in [2.45, 2.75) is 6.04 Å². The molecular formula is C22H22N4O4S. The van der Waals surface area contributed by atoms with Crippen LogP contribution in [-0.2, 0) is 9.59 Å². The first-order valence-corrected chi connectivity index (χ1v) is 10.7. The van der Waals surface area contributed by atoms with Crippen molar-refractivity contribution in [3.8, 4) is 11.8 Å². The molecule has 9 heteroatoms. The number of carbonyl (C=O) groups excluding carboxylic acids is 3. The number of hydrogen-bond acceptors (Lipinski definition) is 6. The lowest BCUT2D eigenvalue weighted by atomic mass is 10.1. The van der Waals surface area contributed by atoms with Gasteiger partial charge in [0.1, 0.15) is 11.8 Å². The summed E-state index contributed by atoms with van der Waals surface area (Å²) in [5, 5.41) is 11.7. The van der Waals surface area contributed by atoms with Crippen molar-refractivity contribution in [3.63, 3.8) is 0 Å². The monoisotopic (exact) mass is 438 g/mol. The van der Waals surface area contributed by atoms with Crippen LogP contribution in [0.4, 0.5) is 5.69 Å². The molecule has 1 saturated heterocycles. The van der Waals surface area contributed by atoms with E-state index in [-0.39, 0.29) is 24.3 Å². The number of ether oxygens (including phenoxy) is 1. The maximum Gasteiger partial charge on any atom is 0.259 e. The lowest BCUT2D eigenvalue weighted by Gasteiger charge is -2.23. The highest BCUT2D eigenvalue weighted by molar-refractivity contribution is 7.99. The summed E-state index contributed by atoms with van der Waals surface area (Å²) in [6, 6.07) is 14.5. The van der Waals surface area contributed by atoms with Gasteiger partial charge < -0.3 is 19.9 Å². The molecule has 0 aliphatic carbocycles. The molecule has 1 aliphatic heterocycles.